The quantitative estimate of drug-likeness (QED) is 0.882. The number of hydrogen-bond donors (Lipinski definition) is 1. The summed E-state index contributed by atoms with van der Waals surface area (Å²) in [4.78, 5) is 11.7. The van der Waals surface area contributed by atoms with Crippen LogP contribution >= 0.6 is 11.3 Å². The smallest absolute Gasteiger partial charge is 0.150 e. The lowest BCUT2D eigenvalue weighted by molar-refractivity contribution is -0.0158. The van der Waals surface area contributed by atoms with Gasteiger partial charge in [-0.15, -0.1) is 0 Å². The number of nitrogens with zero attached hydrogens (tertiary/aromatic N) is 3. The van der Waals surface area contributed by atoms with Gasteiger partial charge in [0, 0.05) is 25.8 Å². The molecule has 0 unspecified atom stereocenters. The first-order valence-corrected chi connectivity index (χ1v) is 9.22. The van der Waals surface area contributed by atoms with Crippen molar-refractivity contribution in [1.82, 2.24) is 14.9 Å². The van der Waals surface area contributed by atoms with Gasteiger partial charge < -0.3 is 10.1 Å². The number of ether oxygens (including phenoxy) is 1. The molecule has 1 saturated carbocycles. The van der Waals surface area contributed by atoms with Crippen molar-refractivity contribution < 1.29 is 4.74 Å². The minimum absolute atomic E-state index is 0.131. The average Bonchev–Trinajstić information content (AvgIpc) is 3.29. The average molecular weight is 330 g/mol. The van der Waals surface area contributed by atoms with Crippen LogP contribution in [0.15, 0.2) is 29.1 Å². The summed E-state index contributed by atoms with van der Waals surface area (Å²) < 4.78 is 5.69. The molecule has 0 spiro atoms. The number of rotatable bonds is 6. The standard InChI is InChI=1S/C17H22N4OS/c1-2-13(1)9-19-16-3-5-18-17(20-16)15-11-22-7-6-21(15)10-14-4-8-23-12-14/h3-5,8,12-13,15H,1-2,6-7,9-11H2,(H,18,19,20)/t15-/m1/s1. The van der Waals surface area contributed by atoms with Crippen LogP contribution in [0.4, 0.5) is 5.82 Å². The third kappa shape index (κ3) is 3.88. The van der Waals surface area contributed by atoms with E-state index in [4.69, 9.17) is 9.72 Å². The molecule has 2 aliphatic rings. The zero-order chi connectivity index (χ0) is 15.5. The van der Waals surface area contributed by atoms with Gasteiger partial charge in [0.2, 0.25) is 0 Å². The van der Waals surface area contributed by atoms with Gasteiger partial charge in [0.05, 0.1) is 19.3 Å². The van der Waals surface area contributed by atoms with Gasteiger partial charge in [-0.25, -0.2) is 9.97 Å². The first-order chi connectivity index (χ1) is 11.4. The normalized spacial score (nSPS) is 22.2. The summed E-state index contributed by atoms with van der Waals surface area (Å²) >= 11 is 1.74. The number of thiophene rings is 1. The van der Waals surface area contributed by atoms with E-state index in [-0.39, 0.29) is 6.04 Å². The van der Waals surface area contributed by atoms with E-state index in [9.17, 15) is 0 Å². The van der Waals surface area contributed by atoms with Gasteiger partial charge in [-0.2, -0.15) is 11.3 Å². The molecule has 5 nitrogen and oxygen atoms in total. The molecular formula is C17H22N4OS. The molecule has 2 aromatic heterocycles. The Bertz CT molecular complexity index is 629. The van der Waals surface area contributed by atoms with E-state index < -0.39 is 0 Å². The van der Waals surface area contributed by atoms with Gasteiger partial charge in [-0.05, 0) is 47.2 Å². The fourth-order valence-corrected chi connectivity index (χ4v) is 3.55. The summed E-state index contributed by atoms with van der Waals surface area (Å²) in [6.45, 7) is 4.32. The van der Waals surface area contributed by atoms with Gasteiger partial charge in [-0.3, -0.25) is 4.90 Å². The number of hydrogen-bond acceptors (Lipinski definition) is 6. The Morgan fingerprint density at radius 3 is 3.13 bits per heavy atom. The van der Waals surface area contributed by atoms with E-state index in [2.05, 4.69) is 32.0 Å². The second-order valence-corrected chi connectivity index (χ2v) is 7.10. The number of anilines is 1. The summed E-state index contributed by atoms with van der Waals surface area (Å²) in [5, 5.41) is 7.78. The van der Waals surface area contributed by atoms with Gasteiger partial charge >= 0.3 is 0 Å². The predicted octanol–water partition coefficient (Wildman–Crippen LogP) is 2.93. The molecule has 0 amide bonds. The minimum atomic E-state index is 0.131. The molecular weight excluding hydrogens is 308 g/mol. The van der Waals surface area contributed by atoms with Crippen molar-refractivity contribution in [3.63, 3.8) is 0 Å². The molecule has 0 radical (unpaired) electrons. The van der Waals surface area contributed by atoms with Crippen LogP contribution in [-0.4, -0.2) is 41.2 Å². The summed E-state index contributed by atoms with van der Waals surface area (Å²) in [7, 11) is 0. The molecule has 122 valence electrons. The summed E-state index contributed by atoms with van der Waals surface area (Å²) in [5.41, 5.74) is 1.35. The summed E-state index contributed by atoms with van der Waals surface area (Å²) in [6, 6.07) is 4.27. The molecule has 0 bridgehead atoms. The van der Waals surface area contributed by atoms with Crippen molar-refractivity contribution in [1.29, 1.82) is 0 Å². The van der Waals surface area contributed by atoms with Crippen molar-refractivity contribution in [2.75, 3.05) is 31.6 Å². The number of aromatic nitrogens is 2. The number of nitrogens with one attached hydrogen (secondary N) is 1. The molecule has 2 fully saturated rings. The highest BCUT2D eigenvalue weighted by Crippen LogP contribution is 2.29. The Morgan fingerprint density at radius 1 is 1.35 bits per heavy atom. The first-order valence-electron chi connectivity index (χ1n) is 8.28. The lowest BCUT2D eigenvalue weighted by atomic mass is 10.2. The lowest BCUT2D eigenvalue weighted by Crippen LogP contribution is -2.39. The fraction of sp³-hybridized carbons (Fsp3) is 0.529. The van der Waals surface area contributed by atoms with Crippen LogP contribution in [0.3, 0.4) is 0 Å². The van der Waals surface area contributed by atoms with Gasteiger partial charge in [-0.1, -0.05) is 0 Å². The van der Waals surface area contributed by atoms with E-state index in [1.165, 1.54) is 18.4 Å². The van der Waals surface area contributed by atoms with Crippen LogP contribution in [0.5, 0.6) is 0 Å². The van der Waals surface area contributed by atoms with Crippen LogP contribution < -0.4 is 5.32 Å². The largest absolute Gasteiger partial charge is 0.378 e. The van der Waals surface area contributed by atoms with E-state index in [0.29, 0.717) is 6.61 Å². The first kappa shape index (κ1) is 15.1. The third-order valence-corrected chi connectivity index (χ3v) is 5.18. The Balaban J connectivity index is 1.48. The molecule has 23 heavy (non-hydrogen) atoms. The van der Waals surface area contributed by atoms with Gasteiger partial charge in [0.15, 0.2) is 0 Å². The van der Waals surface area contributed by atoms with Crippen molar-refractivity contribution in [3.8, 4) is 0 Å². The maximum Gasteiger partial charge on any atom is 0.150 e. The SMILES string of the molecule is c1cc(NCC2CC2)nc([C@H]2COCCN2Cc2ccsc2)n1. The molecule has 1 aliphatic heterocycles. The van der Waals surface area contributed by atoms with Crippen molar-refractivity contribution in [3.05, 3.63) is 40.5 Å². The maximum atomic E-state index is 5.69. The third-order valence-electron chi connectivity index (χ3n) is 4.45. The van der Waals surface area contributed by atoms with Crippen LogP contribution in [0, 0.1) is 5.92 Å². The van der Waals surface area contributed by atoms with E-state index >= 15 is 0 Å². The molecule has 1 aliphatic carbocycles. The highest BCUT2D eigenvalue weighted by atomic mass is 32.1. The second-order valence-electron chi connectivity index (χ2n) is 6.32. The molecule has 2 aromatic rings. The molecule has 4 rings (SSSR count). The molecule has 0 aromatic carbocycles. The van der Waals surface area contributed by atoms with E-state index in [1.54, 1.807) is 11.3 Å². The maximum absolute atomic E-state index is 5.69. The monoisotopic (exact) mass is 330 g/mol. The van der Waals surface area contributed by atoms with E-state index in [0.717, 1.165) is 43.8 Å². The lowest BCUT2D eigenvalue weighted by Gasteiger charge is -2.34. The summed E-state index contributed by atoms with van der Waals surface area (Å²) in [5.74, 6) is 2.63. The predicted molar refractivity (Wildman–Crippen MR) is 91.5 cm³/mol. The molecule has 1 atom stereocenters. The van der Waals surface area contributed by atoms with Gasteiger partial charge in [0.1, 0.15) is 11.6 Å². The van der Waals surface area contributed by atoms with Gasteiger partial charge in [0.25, 0.3) is 0 Å². The van der Waals surface area contributed by atoms with Crippen LogP contribution in [0.25, 0.3) is 0 Å². The zero-order valence-electron chi connectivity index (χ0n) is 13.1. The van der Waals surface area contributed by atoms with Crippen molar-refractivity contribution >= 4 is 17.2 Å². The molecule has 6 heteroatoms. The minimum Gasteiger partial charge on any atom is -0.378 e. The topological polar surface area (TPSA) is 50.3 Å². The van der Waals surface area contributed by atoms with Crippen molar-refractivity contribution in [2.45, 2.75) is 25.4 Å². The van der Waals surface area contributed by atoms with Crippen LogP contribution in [-0.2, 0) is 11.3 Å². The van der Waals surface area contributed by atoms with Crippen molar-refractivity contribution in [2.24, 2.45) is 5.92 Å². The molecule has 1 N–H and O–H groups in total. The molecule has 3 heterocycles. The van der Waals surface area contributed by atoms with Crippen LogP contribution in [0.2, 0.25) is 0 Å². The Hall–Kier alpha value is -1.50. The number of morpholine rings is 1. The Kier molecular flexibility index (Phi) is 4.55. The Labute approximate surface area is 140 Å². The van der Waals surface area contributed by atoms with E-state index in [1.807, 2.05) is 12.3 Å². The molecule has 1 saturated heterocycles. The van der Waals surface area contributed by atoms with Crippen LogP contribution in [0.1, 0.15) is 30.3 Å². The summed E-state index contributed by atoms with van der Waals surface area (Å²) in [6.07, 6.45) is 4.54. The Morgan fingerprint density at radius 2 is 2.30 bits per heavy atom. The fourth-order valence-electron chi connectivity index (χ4n) is 2.89. The highest BCUT2D eigenvalue weighted by Gasteiger charge is 2.27. The highest BCUT2D eigenvalue weighted by molar-refractivity contribution is 7.07. The second kappa shape index (κ2) is 6.95. The zero-order valence-corrected chi connectivity index (χ0v) is 14.0.